The monoisotopic (exact) mass is 243 g/mol. The molecule has 0 rings (SSSR count). The van der Waals surface area contributed by atoms with Crippen molar-refractivity contribution in [2.24, 2.45) is 17.6 Å². The van der Waals surface area contributed by atoms with Crippen LogP contribution in [0.3, 0.4) is 0 Å². The van der Waals surface area contributed by atoms with Gasteiger partial charge in [-0.25, -0.2) is 0 Å². The molecule has 0 spiro atoms. The van der Waals surface area contributed by atoms with Crippen molar-refractivity contribution in [3.63, 3.8) is 0 Å². The number of hydrogen-bond acceptors (Lipinski definition) is 3. The maximum Gasteiger partial charge on any atom is 0.224 e. The Kier molecular flexibility index (Phi) is 8.17. The molecule has 0 aromatic rings. The molecule has 0 heterocycles. The van der Waals surface area contributed by atoms with Gasteiger partial charge in [-0.1, -0.05) is 13.8 Å². The lowest BCUT2D eigenvalue weighted by Crippen LogP contribution is -2.41. The molecule has 0 aromatic carbocycles. The van der Waals surface area contributed by atoms with Gasteiger partial charge in [-0.2, -0.15) is 0 Å². The van der Waals surface area contributed by atoms with Crippen LogP contribution in [0.15, 0.2) is 0 Å². The van der Waals surface area contributed by atoms with Crippen LogP contribution >= 0.6 is 0 Å². The molecule has 0 aliphatic heterocycles. The van der Waals surface area contributed by atoms with Gasteiger partial charge >= 0.3 is 0 Å². The average Bonchev–Trinajstić information content (AvgIpc) is 2.22. The zero-order chi connectivity index (χ0) is 13.4. The molecule has 0 bridgehead atoms. The first-order valence-electron chi connectivity index (χ1n) is 6.52. The fraction of sp³-hybridized carbons (Fsp3) is 0.923. The summed E-state index contributed by atoms with van der Waals surface area (Å²) in [5.41, 5.74) is 5.65. The normalized spacial score (nSPS) is 15.1. The molecule has 102 valence electrons. The lowest BCUT2D eigenvalue weighted by Gasteiger charge is -2.21. The number of carbonyl (C=O) groups excluding carboxylic acids is 1. The third-order valence-corrected chi connectivity index (χ3v) is 2.81. The van der Waals surface area contributed by atoms with Gasteiger partial charge in [0.15, 0.2) is 0 Å². The molecule has 1 amide bonds. The summed E-state index contributed by atoms with van der Waals surface area (Å²) in [6.07, 6.45) is 1.83. The largest absolute Gasteiger partial charge is 0.353 e. The van der Waals surface area contributed by atoms with Crippen LogP contribution in [-0.2, 0) is 4.79 Å². The maximum atomic E-state index is 12.0. The first-order chi connectivity index (χ1) is 7.86. The van der Waals surface area contributed by atoms with Gasteiger partial charge in [0.25, 0.3) is 0 Å². The Labute approximate surface area is 106 Å². The molecule has 4 heteroatoms. The van der Waals surface area contributed by atoms with Crippen molar-refractivity contribution in [2.75, 3.05) is 27.2 Å². The number of hydrogen-bond donors (Lipinski definition) is 2. The molecule has 0 radical (unpaired) electrons. The minimum Gasteiger partial charge on any atom is -0.353 e. The summed E-state index contributed by atoms with van der Waals surface area (Å²) in [6.45, 7) is 7.70. The van der Waals surface area contributed by atoms with E-state index in [0.29, 0.717) is 12.5 Å². The molecule has 0 aliphatic rings. The van der Waals surface area contributed by atoms with E-state index < -0.39 is 0 Å². The Morgan fingerprint density at radius 1 is 1.29 bits per heavy atom. The first-order valence-corrected chi connectivity index (χ1v) is 6.52. The van der Waals surface area contributed by atoms with Crippen molar-refractivity contribution in [1.82, 2.24) is 10.2 Å². The van der Waals surface area contributed by atoms with Crippen molar-refractivity contribution in [3.05, 3.63) is 0 Å². The summed E-state index contributed by atoms with van der Waals surface area (Å²) < 4.78 is 0. The van der Waals surface area contributed by atoms with Gasteiger partial charge in [0, 0.05) is 12.6 Å². The maximum absolute atomic E-state index is 12.0. The van der Waals surface area contributed by atoms with E-state index in [2.05, 4.69) is 24.1 Å². The molecule has 0 aromatic heterocycles. The van der Waals surface area contributed by atoms with Crippen LogP contribution in [0.1, 0.15) is 33.6 Å². The van der Waals surface area contributed by atoms with Crippen LogP contribution in [0.2, 0.25) is 0 Å². The standard InChI is InChI=1S/C13H29N3O/c1-10(2)8-12(9-14)13(17)15-11(3)6-7-16(4)5/h10-12H,6-9,14H2,1-5H3,(H,15,17). The van der Waals surface area contributed by atoms with Gasteiger partial charge in [0.05, 0.1) is 5.92 Å². The van der Waals surface area contributed by atoms with Crippen LogP contribution in [0, 0.1) is 11.8 Å². The Balaban J connectivity index is 4.03. The predicted octanol–water partition coefficient (Wildman–Crippen LogP) is 1.06. The van der Waals surface area contributed by atoms with Crippen LogP contribution < -0.4 is 11.1 Å². The summed E-state index contributed by atoms with van der Waals surface area (Å²) in [5.74, 6) is 0.565. The smallest absolute Gasteiger partial charge is 0.224 e. The van der Waals surface area contributed by atoms with Crippen molar-refractivity contribution < 1.29 is 4.79 Å². The van der Waals surface area contributed by atoms with E-state index in [1.165, 1.54) is 0 Å². The third kappa shape index (κ3) is 8.16. The summed E-state index contributed by atoms with van der Waals surface area (Å²) in [6, 6.07) is 0.214. The van der Waals surface area contributed by atoms with Crippen molar-refractivity contribution in [3.8, 4) is 0 Å². The van der Waals surface area contributed by atoms with Gasteiger partial charge in [-0.15, -0.1) is 0 Å². The highest BCUT2D eigenvalue weighted by Gasteiger charge is 2.19. The van der Waals surface area contributed by atoms with Gasteiger partial charge in [-0.05, 0) is 46.3 Å². The van der Waals surface area contributed by atoms with Gasteiger partial charge in [0.2, 0.25) is 5.91 Å². The first kappa shape index (κ1) is 16.4. The highest BCUT2D eigenvalue weighted by Crippen LogP contribution is 2.11. The Bertz CT molecular complexity index is 217. The second-order valence-corrected chi connectivity index (χ2v) is 5.56. The van der Waals surface area contributed by atoms with Gasteiger partial charge < -0.3 is 16.0 Å². The number of nitrogens with zero attached hydrogens (tertiary/aromatic N) is 1. The number of carbonyl (C=O) groups is 1. The molecule has 0 aliphatic carbocycles. The second-order valence-electron chi connectivity index (χ2n) is 5.56. The number of nitrogens with two attached hydrogens (primary N) is 1. The van der Waals surface area contributed by atoms with E-state index in [9.17, 15) is 4.79 Å². The number of rotatable bonds is 8. The minimum absolute atomic E-state index is 0.0446. The van der Waals surface area contributed by atoms with E-state index in [4.69, 9.17) is 5.73 Å². The molecule has 4 nitrogen and oxygen atoms in total. The average molecular weight is 243 g/mol. The van der Waals surface area contributed by atoms with E-state index in [1.807, 2.05) is 21.0 Å². The Hall–Kier alpha value is -0.610. The SMILES string of the molecule is CC(C)CC(CN)C(=O)NC(C)CCN(C)C. The molecule has 0 saturated carbocycles. The quantitative estimate of drug-likeness (QED) is 0.670. The predicted molar refractivity (Wildman–Crippen MR) is 72.8 cm³/mol. The molecule has 0 fully saturated rings. The zero-order valence-corrected chi connectivity index (χ0v) is 12.0. The van der Waals surface area contributed by atoms with Gasteiger partial charge in [-0.3, -0.25) is 4.79 Å². The summed E-state index contributed by atoms with van der Waals surface area (Å²) in [4.78, 5) is 14.1. The van der Waals surface area contributed by atoms with Gasteiger partial charge in [0.1, 0.15) is 0 Å². The van der Waals surface area contributed by atoms with Crippen LogP contribution in [0.4, 0.5) is 0 Å². The fourth-order valence-corrected chi connectivity index (χ4v) is 1.76. The second kappa shape index (κ2) is 8.48. The van der Waals surface area contributed by atoms with E-state index in [0.717, 1.165) is 19.4 Å². The lowest BCUT2D eigenvalue weighted by molar-refractivity contribution is -0.125. The van der Waals surface area contributed by atoms with E-state index in [-0.39, 0.29) is 17.9 Å². The summed E-state index contributed by atoms with van der Waals surface area (Å²) >= 11 is 0. The van der Waals surface area contributed by atoms with Crippen molar-refractivity contribution >= 4 is 5.91 Å². The van der Waals surface area contributed by atoms with Crippen LogP contribution in [-0.4, -0.2) is 44.0 Å². The van der Waals surface area contributed by atoms with Crippen LogP contribution in [0.5, 0.6) is 0 Å². The topological polar surface area (TPSA) is 58.4 Å². The third-order valence-electron chi connectivity index (χ3n) is 2.81. The fourth-order valence-electron chi connectivity index (χ4n) is 1.76. The highest BCUT2D eigenvalue weighted by atomic mass is 16.1. The highest BCUT2D eigenvalue weighted by molar-refractivity contribution is 5.79. The Morgan fingerprint density at radius 2 is 1.88 bits per heavy atom. The molecule has 0 saturated heterocycles. The van der Waals surface area contributed by atoms with Crippen molar-refractivity contribution in [2.45, 2.75) is 39.7 Å². The summed E-state index contributed by atoms with van der Waals surface area (Å²) in [5, 5.41) is 3.05. The molecule has 17 heavy (non-hydrogen) atoms. The molecular formula is C13H29N3O. The molecule has 2 atom stereocenters. The molecule has 2 unspecified atom stereocenters. The molecular weight excluding hydrogens is 214 g/mol. The molecule has 3 N–H and O–H groups in total. The number of amides is 1. The van der Waals surface area contributed by atoms with E-state index >= 15 is 0 Å². The number of nitrogens with one attached hydrogen (secondary N) is 1. The zero-order valence-electron chi connectivity index (χ0n) is 12.0. The van der Waals surface area contributed by atoms with Crippen molar-refractivity contribution in [1.29, 1.82) is 0 Å². The minimum atomic E-state index is -0.0446. The van der Waals surface area contributed by atoms with E-state index in [1.54, 1.807) is 0 Å². The summed E-state index contributed by atoms with van der Waals surface area (Å²) in [7, 11) is 4.08. The Morgan fingerprint density at radius 3 is 2.29 bits per heavy atom. The lowest BCUT2D eigenvalue weighted by atomic mass is 9.96. The van der Waals surface area contributed by atoms with Crippen LogP contribution in [0.25, 0.3) is 0 Å².